The van der Waals surface area contributed by atoms with Crippen molar-refractivity contribution in [2.75, 3.05) is 0 Å². The number of nitrogens with zero attached hydrogens (tertiary/aromatic N) is 4. The highest BCUT2D eigenvalue weighted by molar-refractivity contribution is 6.31. The molecule has 11 aromatic rings. The zero-order valence-electron chi connectivity index (χ0n) is 36.6. The summed E-state index contributed by atoms with van der Waals surface area (Å²) >= 11 is 0. The van der Waals surface area contributed by atoms with Crippen LogP contribution in [-0.2, 0) is 0 Å². The smallest absolute Gasteiger partial charge is 0.165 e. The van der Waals surface area contributed by atoms with Crippen LogP contribution in [0.15, 0.2) is 145 Å². The second kappa shape index (κ2) is 8.68. The Bertz CT molecular complexity index is 3770. The van der Waals surface area contributed by atoms with Gasteiger partial charge in [0.25, 0.3) is 0 Å². The van der Waals surface area contributed by atoms with Crippen LogP contribution in [0, 0.1) is 0 Å². The molecular formula is C42H24N4. The first-order chi connectivity index (χ1) is 28.3. The maximum atomic E-state index is 9.58. The SMILES string of the molecule is [2H]c1c([2H])c([2H])c2c(c1[2H])c1c([2H])c([2H])c([2H])c3c4c([2H])c([2H])c([2H])c5c4c4c(c([2H])c([2H])c([2H])c4n2c31)n5-c1nc2c(ccc3ccccc32)nc1-c1ccccc1. The average Bonchev–Trinajstić information content (AvgIpc) is 3.74. The number of fused-ring (bicyclic) bond motifs is 8. The molecule has 7 aromatic carbocycles. The van der Waals surface area contributed by atoms with Crippen LogP contribution < -0.4 is 0 Å². The molecule has 4 aromatic heterocycles. The van der Waals surface area contributed by atoms with E-state index in [1.807, 2.05) is 66.7 Å². The van der Waals surface area contributed by atoms with Gasteiger partial charge in [0.15, 0.2) is 5.82 Å². The van der Waals surface area contributed by atoms with Gasteiger partial charge in [-0.2, -0.15) is 0 Å². The van der Waals surface area contributed by atoms with Crippen molar-refractivity contribution in [1.29, 1.82) is 0 Å². The topological polar surface area (TPSA) is 35.1 Å². The Labute approximate surface area is 281 Å². The van der Waals surface area contributed by atoms with Gasteiger partial charge in [-0.1, -0.05) is 115 Å². The van der Waals surface area contributed by atoms with Gasteiger partial charge in [-0.25, -0.2) is 9.97 Å². The van der Waals surface area contributed by atoms with Crippen molar-refractivity contribution >= 4 is 81.7 Å². The maximum absolute atomic E-state index is 9.58. The second-order valence-corrected chi connectivity index (χ2v) is 11.2. The fraction of sp³-hybridized carbons (Fsp3) is 0. The normalized spacial score (nSPS) is 16.3. The minimum absolute atomic E-state index is 0.0294. The van der Waals surface area contributed by atoms with Gasteiger partial charge in [-0.15, -0.1) is 0 Å². The number of hydrogen-bond donors (Lipinski definition) is 0. The summed E-state index contributed by atoms with van der Waals surface area (Å²) < 4.78 is 122. The molecule has 0 aliphatic heterocycles. The van der Waals surface area contributed by atoms with Crippen LogP contribution in [0.2, 0.25) is 0 Å². The van der Waals surface area contributed by atoms with E-state index in [-0.39, 0.29) is 65.7 Å². The summed E-state index contributed by atoms with van der Waals surface area (Å²) in [5.74, 6) is 0.104. The molecule has 0 radical (unpaired) electrons. The molecule has 4 heteroatoms. The van der Waals surface area contributed by atoms with Gasteiger partial charge in [0, 0.05) is 37.9 Å². The first-order valence-electron chi connectivity index (χ1n) is 21.1. The molecule has 0 bridgehead atoms. The second-order valence-electron chi connectivity index (χ2n) is 11.2. The molecule has 0 N–H and O–H groups in total. The van der Waals surface area contributed by atoms with E-state index in [9.17, 15) is 11.0 Å². The van der Waals surface area contributed by atoms with E-state index >= 15 is 0 Å². The molecule has 0 aliphatic rings. The molecule has 0 saturated carbocycles. The lowest BCUT2D eigenvalue weighted by atomic mass is 10.0. The molecule has 46 heavy (non-hydrogen) atoms. The number of benzene rings is 7. The molecule has 0 unspecified atom stereocenters. The fourth-order valence-electron chi connectivity index (χ4n) is 6.98. The van der Waals surface area contributed by atoms with Crippen LogP contribution >= 0.6 is 0 Å². The summed E-state index contributed by atoms with van der Waals surface area (Å²) in [4.78, 5) is 10.4. The standard InChI is InChI=1S/C42H24N4/c1-2-12-26(13-3-1)39-42(44-40-27-14-5-4-11-25(27)23-24-32(40)43-39)46-34-20-9-16-29-31-18-8-17-30-28-15-6-7-19-33(28)45(41(30)31)35-21-10-22-36(46)38(35)37(29)34/h1-24H/i6D,7D,8D,9D,10D,15D,16D,17D,18D,19D,20D,21D,22D. The number of rotatable bonds is 2. The van der Waals surface area contributed by atoms with Crippen molar-refractivity contribution in [3.05, 3.63) is 145 Å². The largest absolute Gasteiger partial charge is 0.308 e. The van der Waals surface area contributed by atoms with Crippen LogP contribution in [0.25, 0.3) is 98.8 Å². The number of aromatic nitrogens is 4. The van der Waals surface area contributed by atoms with E-state index < -0.39 is 78.6 Å². The van der Waals surface area contributed by atoms with Crippen molar-refractivity contribution in [2.24, 2.45) is 0 Å². The third-order valence-corrected chi connectivity index (χ3v) is 8.88. The van der Waals surface area contributed by atoms with Crippen LogP contribution in [-0.4, -0.2) is 18.9 Å². The quantitative estimate of drug-likeness (QED) is 0.186. The first-order valence-corrected chi connectivity index (χ1v) is 14.6. The van der Waals surface area contributed by atoms with Gasteiger partial charge in [0.1, 0.15) is 5.69 Å². The minimum atomic E-state index is -0.628. The Morgan fingerprint density at radius 2 is 1.17 bits per heavy atom. The molecule has 0 atom stereocenters. The predicted molar refractivity (Wildman–Crippen MR) is 191 cm³/mol. The monoisotopic (exact) mass is 597 g/mol. The Hall–Kier alpha value is -6.26. The molecule has 0 fully saturated rings. The maximum Gasteiger partial charge on any atom is 0.165 e. The number of hydrogen-bond acceptors (Lipinski definition) is 2. The zero-order chi connectivity index (χ0) is 41.2. The molecule has 212 valence electrons. The van der Waals surface area contributed by atoms with Crippen molar-refractivity contribution in [3.8, 4) is 17.1 Å². The summed E-state index contributed by atoms with van der Waals surface area (Å²) in [7, 11) is 0. The van der Waals surface area contributed by atoms with Gasteiger partial charge in [-0.05, 0) is 41.0 Å². The summed E-state index contributed by atoms with van der Waals surface area (Å²) in [5.41, 5.74) is 1.38. The van der Waals surface area contributed by atoms with E-state index in [0.29, 0.717) is 22.3 Å². The van der Waals surface area contributed by atoms with E-state index in [1.165, 1.54) is 8.97 Å². The molecule has 0 aliphatic carbocycles. The highest BCUT2D eigenvalue weighted by Crippen LogP contribution is 2.44. The number of para-hydroxylation sites is 2. The van der Waals surface area contributed by atoms with Gasteiger partial charge >= 0.3 is 0 Å². The highest BCUT2D eigenvalue weighted by atomic mass is 15.1. The van der Waals surface area contributed by atoms with Crippen molar-refractivity contribution in [1.82, 2.24) is 18.9 Å². The van der Waals surface area contributed by atoms with Crippen LogP contribution in [0.1, 0.15) is 17.8 Å². The van der Waals surface area contributed by atoms with Crippen LogP contribution in [0.4, 0.5) is 0 Å². The Morgan fingerprint density at radius 1 is 0.500 bits per heavy atom. The van der Waals surface area contributed by atoms with E-state index in [1.54, 1.807) is 0 Å². The summed E-state index contributed by atoms with van der Waals surface area (Å²) in [6.07, 6.45) is 0. The van der Waals surface area contributed by atoms with Crippen LogP contribution in [0.5, 0.6) is 0 Å². The molecule has 4 heterocycles. The lowest BCUT2D eigenvalue weighted by molar-refractivity contribution is 1.08. The predicted octanol–water partition coefficient (Wildman–Crippen LogP) is 10.7. The average molecular weight is 598 g/mol. The summed E-state index contributed by atoms with van der Waals surface area (Å²) in [6.45, 7) is 0. The lowest BCUT2D eigenvalue weighted by Crippen LogP contribution is -2.04. The Morgan fingerprint density at radius 3 is 2.09 bits per heavy atom. The van der Waals surface area contributed by atoms with E-state index in [0.717, 1.165) is 10.8 Å². The molecule has 0 saturated heterocycles. The van der Waals surface area contributed by atoms with Crippen molar-refractivity contribution in [2.45, 2.75) is 0 Å². The summed E-state index contributed by atoms with van der Waals surface area (Å²) in [6, 6.07) is 13.3. The van der Waals surface area contributed by atoms with Crippen LogP contribution in [0.3, 0.4) is 0 Å². The molecule has 0 amide bonds. The lowest BCUT2D eigenvalue weighted by Gasteiger charge is -2.15. The van der Waals surface area contributed by atoms with Gasteiger partial charge in [-0.3, -0.25) is 4.57 Å². The molecule has 11 rings (SSSR count). The third kappa shape index (κ3) is 2.98. The van der Waals surface area contributed by atoms with Crippen molar-refractivity contribution < 1.29 is 17.8 Å². The third-order valence-electron chi connectivity index (χ3n) is 8.88. The van der Waals surface area contributed by atoms with E-state index in [4.69, 9.17) is 16.8 Å². The first kappa shape index (κ1) is 15.2. The Kier molecular flexibility index (Phi) is 2.86. The fourth-order valence-corrected chi connectivity index (χ4v) is 6.98. The molecule has 0 spiro atoms. The van der Waals surface area contributed by atoms with Gasteiger partial charge in [0.2, 0.25) is 0 Å². The van der Waals surface area contributed by atoms with Gasteiger partial charge in [0.05, 0.1) is 56.4 Å². The van der Waals surface area contributed by atoms with Gasteiger partial charge < -0.3 is 4.40 Å². The summed E-state index contributed by atoms with van der Waals surface area (Å²) in [5, 5.41) is 1.11. The molecular weight excluding hydrogens is 560 g/mol. The van der Waals surface area contributed by atoms with Crippen molar-refractivity contribution in [3.63, 3.8) is 0 Å². The van der Waals surface area contributed by atoms with E-state index in [2.05, 4.69) is 0 Å². The Balaban J connectivity index is 1.54. The minimum Gasteiger partial charge on any atom is -0.308 e. The molecule has 4 nitrogen and oxygen atoms in total. The zero-order valence-corrected chi connectivity index (χ0v) is 23.6. The highest BCUT2D eigenvalue weighted by Gasteiger charge is 2.24.